The Bertz CT molecular complexity index is 925. The van der Waals surface area contributed by atoms with Gasteiger partial charge in [0.25, 0.3) is 0 Å². The van der Waals surface area contributed by atoms with Crippen molar-refractivity contribution in [2.75, 3.05) is 26.2 Å². The van der Waals surface area contributed by atoms with E-state index in [1.54, 1.807) is 6.33 Å². The van der Waals surface area contributed by atoms with Crippen LogP contribution >= 0.6 is 0 Å². The van der Waals surface area contributed by atoms with Crippen molar-refractivity contribution in [2.24, 2.45) is 18.9 Å². The summed E-state index contributed by atoms with van der Waals surface area (Å²) in [6.45, 7) is 4.55. The lowest BCUT2D eigenvalue weighted by molar-refractivity contribution is -0.0234. The number of ether oxygens (including phenoxy) is 1. The molecule has 3 fully saturated rings. The number of likely N-dealkylation sites (tertiary alicyclic amines) is 2. The van der Waals surface area contributed by atoms with Crippen molar-refractivity contribution < 1.29 is 18.6 Å². The minimum absolute atomic E-state index is 0.0960. The summed E-state index contributed by atoms with van der Waals surface area (Å²) in [6, 6.07) is 2.53. The summed E-state index contributed by atoms with van der Waals surface area (Å²) in [5.74, 6) is 0.672. The Morgan fingerprint density at radius 3 is 2.38 bits per heavy atom. The van der Waals surface area contributed by atoms with Crippen LogP contribution in [0.4, 0.5) is 8.78 Å². The Kier molecular flexibility index (Phi) is 6.14. The summed E-state index contributed by atoms with van der Waals surface area (Å²) in [4.78, 5) is 4.40. The topological polar surface area (TPSA) is 66.7 Å². The lowest BCUT2D eigenvalue weighted by Crippen LogP contribution is -2.42. The van der Waals surface area contributed by atoms with Gasteiger partial charge in [-0.15, -0.1) is 10.2 Å². The first-order chi connectivity index (χ1) is 15.5. The molecule has 7 nitrogen and oxygen atoms in total. The minimum Gasteiger partial charge on any atom is -0.488 e. The Hall–Kier alpha value is -2.10. The smallest absolute Gasteiger partial charge is 0.146 e. The van der Waals surface area contributed by atoms with Gasteiger partial charge >= 0.3 is 0 Å². The molecule has 0 spiro atoms. The summed E-state index contributed by atoms with van der Waals surface area (Å²) < 4.78 is 37.2. The number of halogens is 2. The molecule has 0 amide bonds. The molecular formula is C23H31F2N5O2. The first-order valence-electron chi connectivity index (χ1n) is 11.6. The van der Waals surface area contributed by atoms with Crippen LogP contribution in [-0.2, 0) is 20.1 Å². The van der Waals surface area contributed by atoms with Crippen molar-refractivity contribution in [3.63, 3.8) is 0 Å². The van der Waals surface area contributed by atoms with Gasteiger partial charge in [-0.1, -0.05) is 0 Å². The number of fused-ring (bicyclic) bond motifs is 1. The number of nitrogens with zero attached hydrogens (tertiary/aromatic N) is 5. The molecule has 174 valence electrons. The number of aromatic nitrogens is 3. The van der Waals surface area contributed by atoms with Gasteiger partial charge in [0, 0.05) is 44.4 Å². The Morgan fingerprint density at radius 2 is 1.72 bits per heavy atom. The molecule has 0 unspecified atom stereocenters. The van der Waals surface area contributed by atoms with Gasteiger partial charge in [0.2, 0.25) is 0 Å². The van der Waals surface area contributed by atoms with Crippen molar-refractivity contribution >= 4 is 0 Å². The van der Waals surface area contributed by atoms with Gasteiger partial charge in [0.05, 0.1) is 12.6 Å². The monoisotopic (exact) mass is 447 g/mol. The highest BCUT2D eigenvalue weighted by Gasteiger charge is 2.43. The first kappa shape index (κ1) is 21.7. The molecule has 0 bridgehead atoms. The van der Waals surface area contributed by atoms with Crippen LogP contribution in [0.5, 0.6) is 5.75 Å². The zero-order valence-electron chi connectivity index (χ0n) is 18.5. The molecule has 1 N–H and O–H groups in total. The van der Waals surface area contributed by atoms with E-state index in [9.17, 15) is 13.9 Å². The van der Waals surface area contributed by atoms with Gasteiger partial charge in [-0.25, -0.2) is 8.78 Å². The first-order valence-corrected chi connectivity index (χ1v) is 11.6. The summed E-state index contributed by atoms with van der Waals surface area (Å²) in [6.07, 6.45) is 4.02. The summed E-state index contributed by atoms with van der Waals surface area (Å²) >= 11 is 0. The fraction of sp³-hybridized carbons (Fsp3) is 0.652. The fourth-order valence-electron chi connectivity index (χ4n) is 5.53. The van der Waals surface area contributed by atoms with Crippen LogP contribution in [0.15, 0.2) is 18.5 Å². The Morgan fingerprint density at radius 1 is 1.03 bits per heavy atom. The standard InChI is InChI=1S/C23H31F2N5O2/c1-28-14-26-27-23(28)13-30-10-15-6-21(31)22(7-16(15)11-30)32-17-8-19(24)18(20(25)9-17)12-29-4-2-3-5-29/h8-9,14-16,21-22,31H,2-7,10-13H2,1H3/t15-,16+,21+,22+/m0/s1. The summed E-state index contributed by atoms with van der Waals surface area (Å²) in [7, 11) is 1.93. The number of benzene rings is 1. The predicted molar refractivity (Wildman–Crippen MR) is 114 cm³/mol. The number of hydrogen-bond acceptors (Lipinski definition) is 6. The second-order valence-corrected chi connectivity index (χ2v) is 9.62. The largest absolute Gasteiger partial charge is 0.488 e. The van der Waals surface area contributed by atoms with Gasteiger partial charge in [0.15, 0.2) is 0 Å². The molecule has 4 atom stereocenters. The maximum atomic E-state index is 14.7. The number of aryl methyl sites for hydroxylation is 1. The molecule has 2 aliphatic heterocycles. The molecule has 5 rings (SSSR count). The number of aliphatic hydroxyl groups excluding tert-OH is 1. The van der Waals surface area contributed by atoms with Crippen molar-refractivity contribution in [3.8, 4) is 5.75 Å². The maximum absolute atomic E-state index is 14.7. The van der Waals surface area contributed by atoms with E-state index in [2.05, 4.69) is 20.0 Å². The second-order valence-electron chi connectivity index (χ2n) is 9.62. The lowest BCUT2D eigenvalue weighted by atomic mass is 9.78. The van der Waals surface area contributed by atoms with E-state index < -0.39 is 23.8 Å². The average Bonchev–Trinajstić information content (AvgIpc) is 3.48. The molecule has 2 aromatic rings. The van der Waals surface area contributed by atoms with Crippen molar-refractivity contribution in [3.05, 3.63) is 41.5 Å². The van der Waals surface area contributed by atoms with E-state index in [-0.39, 0.29) is 17.9 Å². The molecule has 1 saturated carbocycles. The third-order valence-corrected chi connectivity index (χ3v) is 7.31. The molecule has 32 heavy (non-hydrogen) atoms. The van der Waals surface area contributed by atoms with E-state index in [1.165, 1.54) is 12.1 Å². The number of rotatable bonds is 6. The molecule has 0 radical (unpaired) electrons. The van der Waals surface area contributed by atoms with Crippen LogP contribution in [0.25, 0.3) is 0 Å². The van der Waals surface area contributed by atoms with E-state index in [4.69, 9.17) is 4.74 Å². The van der Waals surface area contributed by atoms with Gasteiger partial charge in [0.1, 0.15) is 35.6 Å². The molecule has 3 heterocycles. The Balaban J connectivity index is 1.22. The van der Waals surface area contributed by atoms with E-state index in [0.29, 0.717) is 24.7 Å². The zero-order valence-corrected chi connectivity index (χ0v) is 18.5. The molecule has 9 heteroatoms. The minimum atomic E-state index is -0.651. The number of hydrogen-bond donors (Lipinski definition) is 1. The zero-order chi connectivity index (χ0) is 22.2. The van der Waals surface area contributed by atoms with Crippen LogP contribution < -0.4 is 4.74 Å². The molecular weight excluding hydrogens is 416 g/mol. The predicted octanol–water partition coefficient (Wildman–Crippen LogP) is 2.34. The van der Waals surface area contributed by atoms with Gasteiger partial charge in [-0.05, 0) is 50.6 Å². The van der Waals surface area contributed by atoms with Crippen LogP contribution in [-0.4, -0.2) is 68.1 Å². The highest BCUT2D eigenvalue weighted by molar-refractivity contribution is 5.31. The molecule has 3 aliphatic rings. The van der Waals surface area contributed by atoms with E-state index >= 15 is 0 Å². The van der Waals surface area contributed by atoms with Crippen molar-refractivity contribution in [1.29, 1.82) is 0 Å². The van der Waals surface area contributed by atoms with Crippen LogP contribution in [0.3, 0.4) is 0 Å². The third-order valence-electron chi connectivity index (χ3n) is 7.31. The average molecular weight is 448 g/mol. The molecule has 2 saturated heterocycles. The normalized spacial score (nSPS) is 28.9. The quantitative estimate of drug-likeness (QED) is 0.733. The van der Waals surface area contributed by atoms with Gasteiger partial charge in [-0.3, -0.25) is 9.80 Å². The fourth-order valence-corrected chi connectivity index (χ4v) is 5.53. The molecule has 1 aromatic carbocycles. The summed E-state index contributed by atoms with van der Waals surface area (Å²) in [5.41, 5.74) is 0.0960. The third kappa shape index (κ3) is 4.51. The van der Waals surface area contributed by atoms with Crippen LogP contribution in [0.2, 0.25) is 0 Å². The lowest BCUT2D eigenvalue weighted by Gasteiger charge is -2.35. The second kappa shape index (κ2) is 9.03. The van der Waals surface area contributed by atoms with Crippen molar-refractivity contribution in [1.82, 2.24) is 24.6 Å². The molecule has 1 aliphatic carbocycles. The molecule has 1 aromatic heterocycles. The number of aliphatic hydroxyl groups is 1. The van der Waals surface area contributed by atoms with Gasteiger partial charge < -0.3 is 14.4 Å². The van der Waals surface area contributed by atoms with E-state index in [0.717, 1.165) is 51.4 Å². The van der Waals surface area contributed by atoms with Crippen LogP contribution in [0.1, 0.15) is 37.1 Å². The van der Waals surface area contributed by atoms with Gasteiger partial charge in [-0.2, -0.15) is 0 Å². The maximum Gasteiger partial charge on any atom is 0.146 e. The SMILES string of the molecule is Cn1cnnc1CN1C[C@H]2C[C@@H](Oc3cc(F)c(CN4CCCC4)c(F)c3)[C@H](O)C[C@H]2C1. The highest BCUT2D eigenvalue weighted by Crippen LogP contribution is 2.38. The van der Waals surface area contributed by atoms with E-state index in [1.807, 2.05) is 11.6 Å². The van der Waals surface area contributed by atoms with Crippen molar-refractivity contribution in [2.45, 2.75) is 51.0 Å². The Labute approximate surface area is 187 Å². The highest BCUT2D eigenvalue weighted by atomic mass is 19.1. The summed E-state index contributed by atoms with van der Waals surface area (Å²) in [5, 5.41) is 18.8. The van der Waals surface area contributed by atoms with Crippen LogP contribution in [0, 0.1) is 23.5 Å².